The van der Waals surface area contributed by atoms with Crippen LogP contribution in [0.1, 0.15) is 19.8 Å². The van der Waals surface area contributed by atoms with Crippen LogP contribution in [0.5, 0.6) is 0 Å². The fourth-order valence-electron chi connectivity index (χ4n) is 0.330. The molecule has 0 saturated carbocycles. The number of halogens is 2. The van der Waals surface area contributed by atoms with E-state index >= 15 is 0 Å². The van der Waals surface area contributed by atoms with E-state index < -0.39 is 5.97 Å². The Hall–Kier alpha value is 1.05. The van der Waals surface area contributed by atoms with Gasteiger partial charge in [0, 0.05) is 0 Å². The second-order valence-corrected chi connectivity index (χ2v) is 15.7. The molecule has 5 heteroatoms. The van der Waals surface area contributed by atoms with Crippen molar-refractivity contribution < 1.29 is 22.7 Å². The van der Waals surface area contributed by atoms with Crippen LogP contribution < -0.4 is 0 Å². The number of carbonyl (C=O) groups is 1. The molecule has 0 atom stereocenters. The molecule has 0 unspecified atom stereocenters. The molecular formula is C6H11Br2O2Zn. The van der Waals surface area contributed by atoms with Crippen molar-refractivity contribution >= 4 is 33.2 Å². The predicted molar refractivity (Wildman–Crippen MR) is 49.1 cm³/mol. The minimum absolute atomic E-state index is 0.250. The van der Waals surface area contributed by atoms with Gasteiger partial charge < -0.3 is 4.74 Å². The Balaban J connectivity index is 0. The van der Waals surface area contributed by atoms with Crippen LogP contribution in [0.25, 0.3) is 0 Å². The van der Waals surface area contributed by atoms with Gasteiger partial charge in [-0.15, -0.1) is 0 Å². The minimum Gasteiger partial charge on any atom is -0.466 e. The second kappa shape index (κ2) is 13.6. The van der Waals surface area contributed by atoms with Gasteiger partial charge in [0.1, 0.15) is 0 Å². The zero-order valence-electron chi connectivity index (χ0n) is 6.61. The Bertz CT molecular complexity index is 90.7. The third kappa shape index (κ3) is 24.7. The minimum atomic E-state index is -0.432. The van der Waals surface area contributed by atoms with Crippen molar-refractivity contribution in [3.63, 3.8) is 0 Å². The summed E-state index contributed by atoms with van der Waals surface area (Å²) in [4.78, 5) is 9.99. The fourth-order valence-corrected chi connectivity index (χ4v) is 0.330. The first-order valence-electron chi connectivity index (χ1n) is 3.29. The van der Waals surface area contributed by atoms with Crippen molar-refractivity contribution in [3.8, 4) is 0 Å². The van der Waals surface area contributed by atoms with Gasteiger partial charge in [0.05, 0.1) is 13.5 Å². The number of hydrogen-bond donors (Lipinski definition) is 0. The van der Waals surface area contributed by atoms with Crippen molar-refractivity contribution in [1.29, 1.82) is 0 Å². The van der Waals surface area contributed by atoms with Crippen LogP contribution in [0.15, 0.2) is 0 Å². The Morgan fingerprint density at radius 2 is 2.09 bits per heavy atom. The quantitative estimate of drug-likeness (QED) is 0.449. The van der Waals surface area contributed by atoms with Crippen LogP contribution in [0.4, 0.5) is 0 Å². The number of unbranched alkanes of at least 4 members (excludes halogenated alkanes) is 1. The number of carbonyl (C=O) groups excluding carboxylic acids is 1. The van der Waals surface area contributed by atoms with Crippen LogP contribution in [-0.4, -0.2) is 12.6 Å². The van der Waals surface area contributed by atoms with Gasteiger partial charge in [0.2, 0.25) is 0 Å². The smallest absolute Gasteiger partial charge is 0.306 e. The van der Waals surface area contributed by atoms with E-state index in [0.29, 0.717) is 6.61 Å². The first-order chi connectivity index (χ1) is 5.18. The number of esters is 1. The van der Waals surface area contributed by atoms with E-state index in [1.165, 1.54) is 0 Å². The fraction of sp³-hybridized carbons (Fsp3) is 0.667. The van der Waals surface area contributed by atoms with Gasteiger partial charge >= 0.3 is 46.4 Å². The molecule has 0 rings (SSSR count). The number of ether oxygens (including phenoxy) is 1. The second-order valence-electron chi connectivity index (χ2n) is 1.68. The van der Waals surface area contributed by atoms with Crippen molar-refractivity contribution in [2.45, 2.75) is 19.8 Å². The van der Waals surface area contributed by atoms with E-state index in [-0.39, 0.29) is 13.2 Å². The average molecular weight is 340 g/mol. The predicted octanol–water partition coefficient (Wildman–Crippen LogP) is 2.85. The molecule has 0 aromatic rings. The summed E-state index contributed by atoms with van der Waals surface area (Å²) in [7, 11) is 0. The van der Waals surface area contributed by atoms with Crippen LogP contribution in [0.3, 0.4) is 0 Å². The van der Waals surface area contributed by atoms with Crippen molar-refractivity contribution in [1.82, 2.24) is 0 Å². The Morgan fingerprint density at radius 3 is 2.36 bits per heavy atom. The van der Waals surface area contributed by atoms with Gasteiger partial charge in [-0.25, -0.2) is 0 Å². The molecule has 2 nitrogen and oxygen atoms in total. The third-order valence-electron chi connectivity index (χ3n) is 0.761. The topological polar surface area (TPSA) is 26.3 Å². The molecule has 0 N–H and O–H groups in total. The molecule has 0 aliphatic carbocycles. The molecule has 0 aliphatic heterocycles. The summed E-state index contributed by atoms with van der Waals surface area (Å²) in [5.74, 6) is -0.432. The molecule has 1 radical (unpaired) electrons. The maximum atomic E-state index is 9.99. The molecular weight excluding hydrogens is 329 g/mol. The maximum Gasteiger partial charge on any atom is 0.306 e. The van der Waals surface area contributed by atoms with E-state index in [1.807, 2.05) is 6.92 Å². The van der Waals surface area contributed by atoms with Crippen LogP contribution in [-0.2, 0) is 22.7 Å². The van der Waals surface area contributed by atoms with Crippen LogP contribution in [0.2, 0.25) is 0 Å². The Morgan fingerprint density at radius 1 is 1.64 bits per heavy atom. The van der Waals surface area contributed by atoms with Gasteiger partial charge in [-0.2, -0.15) is 0 Å². The van der Waals surface area contributed by atoms with Gasteiger partial charge in [-0.05, 0) is 6.42 Å². The molecule has 0 aliphatic rings. The number of rotatable bonds is 3. The molecule has 0 bridgehead atoms. The summed E-state index contributed by atoms with van der Waals surface area (Å²) < 4.78 is 4.53. The summed E-state index contributed by atoms with van der Waals surface area (Å²) in [6, 6.07) is 0. The largest absolute Gasteiger partial charge is 0.466 e. The van der Waals surface area contributed by atoms with Gasteiger partial charge in [-0.1, -0.05) is 13.3 Å². The third-order valence-corrected chi connectivity index (χ3v) is 0.761. The molecule has 0 heterocycles. The maximum absolute atomic E-state index is 9.99. The monoisotopic (exact) mass is 337 g/mol. The molecule has 63 valence electrons. The van der Waals surface area contributed by atoms with E-state index in [4.69, 9.17) is 0 Å². The Labute approximate surface area is 88.8 Å². The number of hydrogen-bond acceptors (Lipinski definition) is 2. The van der Waals surface area contributed by atoms with Gasteiger partial charge in [0.15, 0.2) is 0 Å². The zero-order valence-corrected chi connectivity index (χ0v) is 12.7. The Kier molecular flexibility index (Phi) is 18.1. The van der Waals surface area contributed by atoms with Crippen molar-refractivity contribution in [3.05, 3.63) is 6.92 Å². The summed E-state index contributed by atoms with van der Waals surface area (Å²) >= 11 is 6.25. The van der Waals surface area contributed by atoms with E-state index in [0.717, 1.165) is 12.8 Å². The van der Waals surface area contributed by atoms with E-state index in [2.05, 4.69) is 38.9 Å². The van der Waals surface area contributed by atoms with Gasteiger partial charge in [0.25, 0.3) is 0 Å². The molecule has 0 aromatic carbocycles. The molecule has 0 aromatic heterocycles. The molecule has 0 saturated heterocycles. The SMILES string of the molecule is [Br][Zn][Br].[CH2]C(=O)OCCCC. The normalized spacial score (nSPS) is 7.27. The first kappa shape index (κ1) is 14.6. The average Bonchev–Trinajstić information content (AvgIpc) is 1.89. The summed E-state index contributed by atoms with van der Waals surface area (Å²) in [6.07, 6.45) is 1.98. The van der Waals surface area contributed by atoms with Crippen molar-refractivity contribution in [2.24, 2.45) is 0 Å². The van der Waals surface area contributed by atoms with Crippen LogP contribution >= 0.6 is 27.2 Å². The van der Waals surface area contributed by atoms with Gasteiger partial charge in [-0.3, -0.25) is 4.79 Å². The summed E-state index contributed by atoms with van der Waals surface area (Å²) in [5, 5.41) is 0. The van der Waals surface area contributed by atoms with E-state index in [9.17, 15) is 4.79 Å². The summed E-state index contributed by atoms with van der Waals surface area (Å²) in [6.45, 7) is 5.60. The molecule has 11 heavy (non-hydrogen) atoms. The van der Waals surface area contributed by atoms with E-state index in [1.54, 1.807) is 0 Å². The first-order valence-corrected chi connectivity index (χ1v) is 17.2. The molecule has 0 spiro atoms. The standard InChI is InChI=1S/C6H11O2.2BrH.Zn/c1-3-4-5-8-6(2)7;;;/h2-5H2,1H3;2*1H;/q;;;+2/p-2. The van der Waals surface area contributed by atoms with Crippen molar-refractivity contribution in [2.75, 3.05) is 6.61 Å². The summed E-state index contributed by atoms with van der Waals surface area (Å²) in [5.41, 5.74) is 0. The molecule has 0 fully saturated rings. The van der Waals surface area contributed by atoms with Crippen LogP contribution in [0, 0.1) is 6.92 Å². The zero-order chi connectivity index (χ0) is 9.11. The molecule has 0 amide bonds.